The van der Waals surface area contributed by atoms with Crippen LogP contribution in [-0.4, -0.2) is 35.6 Å². The molecule has 1 saturated heterocycles. The number of aliphatic carboxylic acids is 1. The first-order valence-electron chi connectivity index (χ1n) is 9.68. The highest BCUT2D eigenvalue weighted by molar-refractivity contribution is 7.11. The van der Waals surface area contributed by atoms with E-state index in [0.29, 0.717) is 13.0 Å². The van der Waals surface area contributed by atoms with Crippen LogP contribution in [-0.2, 0) is 17.8 Å². The fourth-order valence-electron chi connectivity index (χ4n) is 3.88. The van der Waals surface area contributed by atoms with Gasteiger partial charge < -0.3 is 14.7 Å². The molecule has 1 aromatic heterocycles. The van der Waals surface area contributed by atoms with Gasteiger partial charge in [-0.3, -0.25) is 4.79 Å². The number of carboxylic acids is 1. The lowest BCUT2D eigenvalue weighted by Crippen LogP contribution is -2.19. The third-order valence-corrected chi connectivity index (χ3v) is 6.32. The first-order chi connectivity index (χ1) is 13.2. The highest BCUT2D eigenvalue weighted by Gasteiger charge is 2.21. The van der Waals surface area contributed by atoms with E-state index >= 15 is 0 Å². The number of aryl methyl sites for hydroxylation is 1. The van der Waals surface area contributed by atoms with Crippen LogP contribution in [0.5, 0.6) is 5.75 Å². The van der Waals surface area contributed by atoms with Crippen LogP contribution in [0.25, 0.3) is 5.57 Å². The Kier molecular flexibility index (Phi) is 5.60. The fraction of sp³-hybridized carbons (Fsp3) is 0.409. The molecule has 0 radical (unpaired) electrons. The standard InChI is InChI=1S/C22H25NO3S/c24-21(25)8-6-16-5-7-20-19(14-16)18(4-3-12-23-10-1-2-11-23)22-17(15-26-20)9-13-27-22/h4-5,7,9,13-14H,1-3,6,8,10-12,15H2,(H,24,25)/b18-4-. The average molecular weight is 384 g/mol. The summed E-state index contributed by atoms with van der Waals surface area (Å²) in [5, 5.41) is 11.1. The minimum atomic E-state index is -0.761. The minimum absolute atomic E-state index is 0.151. The smallest absolute Gasteiger partial charge is 0.303 e. The average Bonchev–Trinajstić information content (AvgIpc) is 3.32. The summed E-state index contributed by atoms with van der Waals surface area (Å²) in [6.45, 7) is 4.11. The molecule has 0 spiro atoms. The van der Waals surface area contributed by atoms with Gasteiger partial charge in [0, 0.05) is 29.0 Å². The molecule has 1 N–H and O–H groups in total. The number of hydrogen-bond donors (Lipinski definition) is 1. The van der Waals surface area contributed by atoms with Gasteiger partial charge in [-0.05, 0) is 73.5 Å². The van der Waals surface area contributed by atoms with Gasteiger partial charge in [-0.2, -0.15) is 0 Å². The van der Waals surface area contributed by atoms with Gasteiger partial charge in [-0.1, -0.05) is 12.1 Å². The highest BCUT2D eigenvalue weighted by Crippen LogP contribution is 2.40. The second-order valence-electron chi connectivity index (χ2n) is 7.24. The molecule has 142 valence electrons. The molecule has 1 aromatic carbocycles. The number of nitrogens with zero attached hydrogens (tertiary/aromatic N) is 1. The molecule has 2 aliphatic heterocycles. The van der Waals surface area contributed by atoms with E-state index in [0.717, 1.165) is 29.8 Å². The van der Waals surface area contributed by atoms with Crippen LogP contribution in [0.2, 0.25) is 0 Å². The number of rotatable bonds is 6. The molecular formula is C22H25NO3S. The summed E-state index contributed by atoms with van der Waals surface area (Å²) in [7, 11) is 0. The van der Waals surface area contributed by atoms with E-state index in [4.69, 9.17) is 9.84 Å². The van der Waals surface area contributed by atoms with Crippen molar-refractivity contribution in [1.29, 1.82) is 0 Å². The Hall–Kier alpha value is -2.11. The quantitative estimate of drug-likeness (QED) is 0.793. The number of hydrogen-bond acceptors (Lipinski definition) is 4. The fourth-order valence-corrected chi connectivity index (χ4v) is 4.85. The Labute approximate surface area is 164 Å². The number of likely N-dealkylation sites (tertiary alicyclic amines) is 1. The molecule has 0 atom stereocenters. The van der Waals surface area contributed by atoms with Crippen LogP contribution in [0, 0.1) is 0 Å². The predicted octanol–water partition coefficient (Wildman–Crippen LogP) is 4.58. The van der Waals surface area contributed by atoms with Crippen molar-refractivity contribution in [3.8, 4) is 5.75 Å². The van der Waals surface area contributed by atoms with Crippen LogP contribution in [0.15, 0.2) is 35.7 Å². The van der Waals surface area contributed by atoms with Crippen molar-refractivity contribution in [2.45, 2.75) is 38.7 Å². The van der Waals surface area contributed by atoms with E-state index in [2.05, 4.69) is 28.5 Å². The number of benzene rings is 1. The zero-order valence-corrected chi connectivity index (χ0v) is 16.3. The minimum Gasteiger partial charge on any atom is -0.488 e. The van der Waals surface area contributed by atoms with Crippen molar-refractivity contribution in [2.75, 3.05) is 19.6 Å². The van der Waals surface area contributed by atoms with Crippen molar-refractivity contribution in [3.05, 3.63) is 57.3 Å². The molecule has 5 heteroatoms. The number of ether oxygens (including phenoxy) is 1. The van der Waals surface area contributed by atoms with E-state index in [1.165, 1.54) is 41.9 Å². The largest absolute Gasteiger partial charge is 0.488 e. The lowest BCUT2D eigenvalue weighted by Gasteiger charge is -2.14. The van der Waals surface area contributed by atoms with E-state index in [-0.39, 0.29) is 6.42 Å². The number of fused-ring (bicyclic) bond motifs is 2. The maximum Gasteiger partial charge on any atom is 0.303 e. The lowest BCUT2D eigenvalue weighted by molar-refractivity contribution is -0.136. The monoisotopic (exact) mass is 383 g/mol. The van der Waals surface area contributed by atoms with Gasteiger partial charge >= 0.3 is 5.97 Å². The van der Waals surface area contributed by atoms with E-state index in [1.54, 1.807) is 11.3 Å². The Morgan fingerprint density at radius 3 is 2.93 bits per heavy atom. The Balaban J connectivity index is 1.64. The molecular weight excluding hydrogens is 358 g/mol. The zero-order valence-electron chi connectivity index (χ0n) is 15.4. The molecule has 1 fully saturated rings. The predicted molar refractivity (Wildman–Crippen MR) is 108 cm³/mol. The highest BCUT2D eigenvalue weighted by atomic mass is 32.1. The molecule has 3 heterocycles. The normalized spacial score (nSPS) is 18.0. The summed E-state index contributed by atoms with van der Waals surface area (Å²) >= 11 is 1.76. The third kappa shape index (κ3) is 4.25. The Morgan fingerprint density at radius 2 is 2.11 bits per heavy atom. The molecule has 0 saturated carbocycles. The summed E-state index contributed by atoms with van der Waals surface area (Å²) in [6, 6.07) is 8.25. The van der Waals surface area contributed by atoms with Crippen LogP contribution in [0.1, 0.15) is 47.3 Å². The van der Waals surface area contributed by atoms with Crippen molar-refractivity contribution in [1.82, 2.24) is 4.90 Å². The molecule has 0 aliphatic carbocycles. The first kappa shape index (κ1) is 18.3. The molecule has 4 rings (SSSR count). The van der Waals surface area contributed by atoms with Crippen molar-refractivity contribution < 1.29 is 14.6 Å². The SMILES string of the molecule is O=C(O)CCc1ccc2c(c1)/C(=C/CCN1CCCC1)c1sccc1CO2. The second kappa shape index (κ2) is 8.28. The van der Waals surface area contributed by atoms with Crippen molar-refractivity contribution in [3.63, 3.8) is 0 Å². The van der Waals surface area contributed by atoms with Crippen LogP contribution in [0.4, 0.5) is 0 Å². The van der Waals surface area contributed by atoms with E-state index in [9.17, 15) is 4.79 Å². The van der Waals surface area contributed by atoms with Crippen molar-refractivity contribution >= 4 is 22.9 Å². The molecule has 2 aromatic rings. The first-order valence-corrected chi connectivity index (χ1v) is 10.6. The van der Waals surface area contributed by atoms with Gasteiger partial charge in [0.25, 0.3) is 0 Å². The topological polar surface area (TPSA) is 49.8 Å². The summed E-state index contributed by atoms with van der Waals surface area (Å²) in [5.41, 5.74) is 4.62. The van der Waals surface area contributed by atoms with Gasteiger partial charge in [-0.25, -0.2) is 0 Å². The number of thiophene rings is 1. The molecule has 0 unspecified atom stereocenters. The van der Waals surface area contributed by atoms with Gasteiger partial charge in [0.05, 0.1) is 0 Å². The second-order valence-corrected chi connectivity index (χ2v) is 8.16. The summed E-state index contributed by atoms with van der Waals surface area (Å²) in [5.74, 6) is 0.132. The summed E-state index contributed by atoms with van der Waals surface area (Å²) in [4.78, 5) is 14.8. The van der Waals surface area contributed by atoms with Gasteiger partial charge in [0.2, 0.25) is 0 Å². The zero-order chi connectivity index (χ0) is 18.6. The van der Waals surface area contributed by atoms with E-state index < -0.39 is 5.97 Å². The summed E-state index contributed by atoms with van der Waals surface area (Å²) < 4.78 is 6.06. The maximum absolute atomic E-state index is 10.9. The lowest BCUT2D eigenvalue weighted by atomic mass is 9.97. The van der Waals surface area contributed by atoms with Crippen LogP contribution < -0.4 is 4.74 Å². The van der Waals surface area contributed by atoms with Gasteiger partial charge in [0.1, 0.15) is 12.4 Å². The molecule has 2 aliphatic rings. The number of carbonyl (C=O) groups is 1. The molecule has 4 nitrogen and oxygen atoms in total. The Morgan fingerprint density at radius 1 is 1.26 bits per heavy atom. The molecule has 27 heavy (non-hydrogen) atoms. The number of carboxylic acid groups (broad SMARTS) is 1. The van der Waals surface area contributed by atoms with E-state index in [1.807, 2.05) is 12.1 Å². The molecule has 0 bridgehead atoms. The van der Waals surface area contributed by atoms with Crippen LogP contribution >= 0.6 is 11.3 Å². The molecule has 0 amide bonds. The third-order valence-electron chi connectivity index (χ3n) is 5.33. The summed E-state index contributed by atoms with van der Waals surface area (Å²) in [6.07, 6.45) is 6.69. The maximum atomic E-state index is 10.9. The van der Waals surface area contributed by atoms with Crippen molar-refractivity contribution in [2.24, 2.45) is 0 Å². The van der Waals surface area contributed by atoms with Gasteiger partial charge in [0.15, 0.2) is 0 Å². The Bertz CT molecular complexity index is 849. The van der Waals surface area contributed by atoms with Gasteiger partial charge in [-0.15, -0.1) is 11.3 Å². The van der Waals surface area contributed by atoms with Crippen LogP contribution in [0.3, 0.4) is 0 Å².